The predicted octanol–water partition coefficient (Wildman–Crippen LogP) is 2.29. The van der Waals surface area contributed by atoms with Crippen LogP contribution in [0.4, 0.5) is 11.5 Å². The summed E-state index contributed by atoms with van der Waals surface area (Å²) in [7, 11) is -3.00. The summed E-state index contributed by atoms with van der Waals surface area (Å²) in [5.74, 6) is 0.654. The van der Waals surface area contributed by atoms with Gasteiger partial charge in [0.25, 0.3) is 5.91 Å². The van der Waals surface area contributed by atoms with Gasteiger partial charge in [-0.25, -0.2) is 18.4 Å². The molecule has 0 radical (unpaired) electrons. The Labute approximate surface area is 150 Å². The number of rotatable bonds is 4. The first kappa shape index (κ1) is 17.6. The van der Waals surface area contributed by atoms with Crippen LogP contribution in [0, 0.1) is 6.92 Å². The van der Waals surface area contributed by atoms with Gasteiger partial charge in [0.1, 0.15) is 17.3 Å². The number of halogens is 1. The van der Waals surface area contributed by atoms with E-state index in [1.807, 2.05) is 0 Å². The van der Waals surface area contributed by atoms with Gasteiger partial charge in [-0.05, 0) is 25.5 Å². The Morgan fingerprint density at radius 2 is 2.04 bits per heavy atom. The number of hydrogen-bond acceptors (Lipinski definition) is 6. The molecule has 2 aromatic rings. The first-order chi connectivity index (χ1) is 11.8. The highest BCUT2D eigenvalue weighted by Gasteiger charge is 2.28. The number of sulfone groups is 1. The van der Waals surface area contributed by atoms with E-state index >= 15 is 0 Å². The van der Waals surface area contributed by atoms with Gasteiger partial charge in [0.15, 0.2) is 9.84 Å². The van der Waals surface area contributed by atoms with Gasteiger partial charge in [0.2, 0.25) is 0 Å². The highest BCUT2D eigenvalue weighted by molar-refractivity contribution is 7.91. The van der Waals surface area contributed by atoms with Gasteiger partial charge in [0.05, 0.1) is 22.2 Å². The number of carbonyl (C=O) groups is 1. The van der Waals surface area contributed by atoms with E-state index in [-0.39, 0.29) is 23.2 Å². The van der Waals surface area contributed by atoms with Crippen molar-refractivity contribution >= 4 is 38.9 Å². The Kier molecular flexibility index (Phi) is 4.91. The van der Waals surface area contributed by atoms with E-state index in [0.29, 0.717) is 28.8 Å². The van der Waals surface area contributed by atoms with E-state index in [2.05, 4.69) is 20.6 Å². The van der Waals surface area contributed by atoms with Crippen LogP contribution < -0.4 is 10.6 Å². The van der Waals surface area contributed by atoms with Gasteiger partial charge in [0, 0.05) is 12.1 Å². The number of anilines is 2. The fourth-order valence-electron chi connectivity index (χ4n) is 2.62. The number of aryl methyl sites for hydroxylation is 1. The fourth-order valence-corrected chi connectivity index (χ4v) is 4.48. The zero-order valence-electron chi connectivity index (χ0n) is 13.5. The number of carbonyl (C=O) groups excluding carboxylic acids is 1. The molecule has 0 aliphatic carbocycles. The third kappa shape index (κ3) is 4.46. The molecule has 1 saturated heterocycles. The molecule has 1 aliphatic heterocycles. The summed E-state index contributed by atoms with van der Waals surface area (Å²) >= 11 is 6.04. The normalized spacial score (nSPS) is 18.7. The summed E-state index contributed by atoms with van der Waals surface area (Å²) < 4.78 is 23.1. The topological polar surface area (TPSA) is 101 Å². The smallest absolute Gasteiger partial charge is 0.274 e. The molecule has 2 heterocycles. The zero-order chi connectivity index (χ0) is 18.0. The number of benzene rings is 1. The average molecular weight is 381 g/mol. The van der Waals surface area contributed by atoms with E-state index in [4.69, 9.17) is 11.6 Å². The Balaban J connectivity index is 1.77. The second kappa shape index (κ2) is 6.97. The summed E-state index contributed by atoms with van der Waals surface area (Å²) in [4.78, 5) is 20.8. The van der Waals surface area contributed by atoms with Crippen molar-refractivity contribution in [1.29, 1.82) is 0 Å². The van der Waals surface area contributed by atoms with Crippen LogP contribution in [0.5, 0.6) is 0 Å². The zero-order valence-corrected chi connectivity index (χ0v) is 15.1. The molecule has 1 amide bonds. The maximum atomic E-state index is 12.4. The lowest BCUT2D eigenvalue weighted by Gasteiger charge is -2.13. The van der Waals surface area contributed by atoms with Crippen LogP contribution in [-0.4, -0.2) is 41.8 Å². The molecule has 1 aromatic carbocycles. The monoisotopic (exact) mass is 380 g/mol. The third-order valence-corrected chi connectivity index (χ3v) is 5.87. The van der Waals surface area contributed by atoms with E-state index in [0.717, 1.165) is 0 Å². The molecule has 1 fully saturated rings. The average Bonchev–Trinajstić information content (AvgIpc) is 2.87. The molecule has 0 saturated carbocycles. The minimum atomic E-state index is -3.00. The molecule has 25 heavy (non-hydrogen) atoms. The molecule has 0 bridgehead atoms. The maximum absolute atomic E-state index is 12.4. The number of aromatic nitrogens is 2. The number of nitrogens with one attached hydrogen (secondary N) is 2. The van der Waals surface area contributed by atoms with Crippen LogP contribution in [0.2, 0.25) is 5.02 Å². The molecule has 132 valence electrons. The highest BCUT2D eigenvalue weighted by atomic mass is 35.5. The summed E-state index contributed by atoms with van der Waals surface area (Å²) in [5, 5.41) is 6.20. The lowest BCUT2D eigenvalue weighted by atomic mass is 10.2. The van der Waals surface area contributed by atoms with Crippen LogP contribution in [0.3, 0.4) is 0 Å². The molecular formula is C16H17ClN4O3S. The molecule has 7 nitrogen and oxygen atoms in total. The van der Waals surface area contributed by atoms with Crippen molar-refractivity contribution in [3.63, 3.8) is 0 Å². The fraction of sp³-hybridized carbons (Fsp3) is 0.312. The number of amides is 1. The van der Waals surface area contributed by atoms with Crippen LogP contribution in [0.25, 0.3) is 0 Å². The molecule has 1 aromatic heterocycles. The van der Waals surface area contributed by atoms with Crippen LogP contribution in [-0.2, 0) is 9.84 Å². The third-order valence-electron chi connectivity index (χ3n) is 3.78. The Bertz CT molecular complexity index is 917. The van der Waals surface area contributed by atoms with Gasteiger partial charge in [-0.3, -0.25) is 4.79 Å². The first-order valence-corrected chi connectivity index (χ1v) is 9.91. The molecule has 2 N–H and O–H groups in total. The van der Waals surface area contributed by atoms with Gasteiger partial charge in [-0.15, -0.1) is 0 Å². The Morgan fingerprint density at radius 3 is 2.72 bits per heavy atom. The van der Waals surface area contributed by atoms with Gasteiger partial charge in [-0.1, -0.05) is 23.7 Å². The number of hydrogen-bond donors (Lipinski definition) is 2. The summed E-state index contributed by atoms with van der Waals surface area (Å²) in [6.07, 6.45) is 0.520. The lowest BCUT2D eigenvalue weighted by Crippen LogP contribution is -2.22. The molecule has 1 unspecified atom stereocenters. The summed E-state index contributed by atoms with van der Waals surface area (Å²) in [6, 6.07) is 8.19. The highest BCUT2D eigenvalue weighted by Crippen LogP contribution is 2.22. The first-order valence-electron chi connectivity index (χ1n) is 7.71. The van der Waals surface area contributed by atoms with Crippen molar-refractivity contribution in [3.8, 4) is 0 Å². The van der Waals surface area contributed by atoms with Crippen molar-refractivity contribution in [2.75, 3.05) is 22.1 Å². The number of nitrogens with zero attached hydrogens (tertiary/aromatic N) is 2. The Morgan fingerprint density at radius 1 is 1.28 bits per heavy atom. The summed E-state index contributed by atoms with van der Waals surface area (Å²) in [6.45, 7) is 1.67. The minimum absolute atomic E-state index is 0.0667. The van der Waals surface area contributed by atoms with Crippen molar-refractivity contribution in [1.82, 2.24) is 9.97 Å². The number of para-hydroxylation sites is 1. The van der Waals surface area contributed by atoms with Crippen molar-refractivity contribution < 1.29 is 13.2 Å². The molecule has 9 heteroatoms. The molecule has 3 rings (SSSR count). The molecule has 0 spiro atoms. The SMILES string of the molecule is Cc1nc(NC2CCS(=O)(=O)C2)cc(C(=O)Nc2ccccc2Cl)n1. The molecule has 1 aliphatic rings. The van der Waals surface area contributed by atoms with Crippen LogP contribution in [0.15, 0.2) is 30.3 Å². The second-order valence-electron chi connectivity index (χ2n) is 5.86. The van der Waals surface area contributed by atoms with Crippen LogP contribution in [0.1, 0.15) is 22.7 Å². The lowest BCUT2D eigenvalue weighted by molar-refractivity contribution is 0.102. The largest absolute Gasteiger partial charge is 0.366 e. The van der Waals surface area contributed by atoms with Crippen molar-refractivity contribution in [2.45, 2.75) is 19.4 Å². The van der Waals surface area contributed by atoms with E-state index in [1.165, 1.54) is 6.07 Å². The summed E-state index contributed by atoms with van der Waals surface area (Å²) in [5.41, 5.74) is 0.664. The maximum Gasteiger partial charge on any atom is 0.274 e. The van der Waals surface area contributed by atoms with Crippen LogP contribution >= 0.6 is 11.6 Å². The van der Waals surface area contributed by atoms with E-state index in [9.17, 15) is 13.2 Å². The standard InChI is InChI=1S/C16H17ClN4O3S/c1-10-18-14(16(22)21-13-5-3-2-4-12(13)17)8-15(19-10)20-11-6-7-25(23,24)9-11/h2-5,8,11H,6-7,9H2,1H3,(H,21,22)(H,18,19,20). The van der Waals surface area contributed by atoms with Gasteiger partial charge < -0.3 is 10.6 Å². The molecular weight excluding hydrogens is 364 g/mol. The predicted molar refractivity (Wildman–Crippen MR) is 96.9 cm³/mol. The van der Waals surface area contributed by atoms with Gasteiger partial charge in [-0.2, -0.15) is 0 Å². The minimum Gasteiger partial charge on any atom is -0.366 e. The quantitative estimate of drug-likeness (QED) is 0.843. The Hall–Kier alpha value is -2.19. The molecule has 1 atom stereocenters. The van der Waals surface area contributed by atoms with Gasteiger partial charge >= 0.3 is 0 Å². The second-order valence-corrected chi connectivity index (χ2v) is 8.50. The van der Waals surface area contributed by atoms with E-state index in [1.54, 1.807) is 31.2 Å². The van der Waals surface area contributed by atoms with Crippen molar-refractivity contribution in [3.05, 3.63) is 46.9 Å². The van der Waals surface area contributed by atoms with Crippen molar-refractivity contribution in [2.24, 2.45) is 0 Å². The van der Waals surface area contributed by atoms with E-state index < -0.39 is 15.7 Å².